The summed E-state index contributed by atoms with van der Waals surface area (Å²) in [6, 6.07) is 14.4. The number of methoxy groups -OCH3 is 1. The van der Waals surface area contributed by atoms with E-state index in [9.17, 15) is 14.4 Å². The van der Waals surface area contributed by atoms with Crippen LogP contribution in [0.2, 0.25) is 10.0 Å². The molecular formula is C35H32Cl2N2O8S. The minimum Gasteiger partial charge on any atom is -0.490 e. The number of thiazole rings is 1. The fourth-order valence-corrected chi connectivity index (χ4v) is 6.60. The number of carbonyl (C=O) groups is 2. The number of halogens is 2. The third-order valence-corrected chi connectivity index (χ3v) is 8.68. The molecule has 3 aromatic carbocycles. The molecule has 1 aromatic heterocycles. The number of hydrogen-bond donors (Lipinski definition) is 0. The van der Waals surface area contributed by atoms with E-state index in [0.29, 0.717) is 61.5 Å². The van der Waals surface area contributed by atoms with Crippen LogP contribution >= 0.6 is 34.5 Å². The smallest absolute Gasteiger partial charge is 0.338 e. The molecule has 1 aliphatic rings. The molecule has 0 saturated carbocycles. The van der Waals surface area contributed by atoms with E-state index >= 15 is 0 Å². The van der Waals surface area contributed by atoms with Gasteiger partial charge in [0, 0.05) is 16.8 Å². The number of rotatable bonds is 12. The van der Waals surface area contributed by atoms with E-state index in [-0.39, 0.29) is 23.8 Å². The lowest BCUT2D eigenvalue weighted by molar-refractivity contribution is -0.136. The summed E-state index contributed by atoms with van der Waals surface area (Å²) < 4.78 is 29.5. The first-order valence-electron chi connectivity index (χ1n) is 15.1. The van der Waals surface area contributed by atoms with Crippen molar-refractivity contribution < 1.29 is 33.3 Å². The van der Waals surface area contributed by atoms with Crippen molar-refractivity contribution in [1.29, 1.82) is 0 Å². The predicted molar refractivity (Wildman–Crippen MR) is 183 cm³/mol. The summed E-state index contributed by atoms with van der Waals surface area (Å²) >= 11 is 14.1. The van der Waals surface area contributed by atoms with Crippen molar-refractivity contribution in [2.45, 2.75) is 33.4 Å². The summed E-state index contributed by atoms with van der Waals surface area (Å²) in [5, 5.41) is 0.585. The normalized spacial score (nSPS) is 14.0. The Bertz CT molecular complexity index is 2050. The average molecular weight is 712 g/mol. The van der Waals surface area contributed by atoms with Gasteiger partial charge in [-0.15, -0.1) is 0 Å². The molecule has 1 aliphatic heterocycles. The third-order valence-electron chi connectivity index (χ3n) is 7.18. The van der Waals surface area contributed by atoms with Crippen molar-refractivity contribution in [3.05, 3.63) is 118 Å². The van der Waals surface area contributed by atoms with Gasteiger partial charge < -0.3 is 23.7 Å². The largest absolute Gasteiger partial charge is 0.490 e. The first-order valence-corrected chi connectivity index (χ1v) is 16.6. The Kier molecular flexibility index (Phi) is 11.3. The highest BCUT2D eigenvalue weighted by atomic mass is 35.5. The number of benzene rings is 3. The fraction of sp³-hybridized carbons (Fsp3) is 0.257. The highest BCUT2D eigenvalue weighted by molar-refractivity contribution is 7.07. The second kappa shape index (κ2) is 15.5. The molecule has 48 heavy (non-hydrogen) atoms. The van der Waals surface area contributed by atoms with Gasteiger partial charge in [-0.25, -0.2) is 14.6 Å². The zero-order valence-corrected chi connectivity index (χ0v) is 28.9. The molecule has 10 nitrogen and oxygen atoms in total. The SMILES string of the molecule is CCOC(=O)c1ccc(COc2c(Cl)cc(Cl)cc2/C=c2/sc3n(c2=O)[C@H](c2ccc(OCC)c(OCC)c2)C(C(=O)OC)=CN=3)cc1. The summed E-state index contributed by atoms with van der Waals surface area (Å²) in [7, 11) is 1.27. The van der Waals surface area contributed by atoms with Gasteiger partial charge in [-0.1, -0.05) is 52.7 Å². The van der Waals surface area contributed by atoms with E-state index in [0.717, 1.165) is 16.9 Å². The van der Waals surface area contributed by atoms with Crippen LogP contribution in [0.15, 0.2) is 76.2 Å². The van der Waals surface area contributed by atoms with Gasteiger partial charge in [0.05, 0.1) is 53.7 Å². The fourth-order valence-electron chi connectivity index (χ4n) is 5.08. The first-order chi connectivity index (χ1) is 23.2. The number of aromatic nitrogens is 1. The highest BCUT2D eigenvalue weighted by Crippen LogP contribution is 2.36. The molecule has 0 spiro atoms. The number of hydrogen-bond acceptors (Lipinski definition) is 10. The second-order valence-corrected chi connectivity index (χ2v) is 12.1. The van der Waals surface area contributed by atoms with Gasteiger partial charge in [0.15, 0.2) is 16.3 Å². The third kappa shape index (κ3) is 7.43. The summed E-state index contributed by atoms with van der Waals surface area (Å²) in [5.41, 5.74) is 2.04. The van der Waals surface area contributed by atoms with Gasteiger partial charge >= 0.3 is 11.9 Å². The lowest BCUT2D eigenvalue weighted by Gasteiger charge is -2.23. The minimum atomic E-state index is -0.859. The van der Waals surface area contributed by atoms with E-state index < -0.39 is 23.5 Å². The summed E-state index contributed by atoms with van der Waals surface area (Å²) in [5.74, 6) is 0.289. The van der Waals surface area contributed by atoms with Gasteiger partial charge in [0.2, 0.25) is 0 Å². The molecule has 0 fully saturated rings. The van der Waals surface area contributed by atoms with E-state index in [4.69, 9.17) is 46.9 Å². The van der Waals surface area contributed by atoms with E-state index in [1.165, 1.54) is 17.9 Å². The van der Waals surface area contributed by atoms with Crippen LogP contribution in [0.25, 0.3) is 6.08 Å². The van der Waals surface area contributed by atoms with Crippen LogP contribution in [0.3, 0.4) is 0 Å². The van der Waals surface area contributed by atoms with E-state index in [2.05, 4.69) is 4.99 Å². The Morgan fingerprint density at radius 1 is 0.917 bits per heavy atom. The molecule has 0 aliphatic carbocycles. The first kappa shape index (κ1) is 34.7. The van der Waals surface area contributed by atoms with Crippen LogP contribution in [-0.2, 0) is 20.9 Å². The summed E-state index contributed by atoms with van der Waals surface area (Å²) in [6.07, 6.45) is 3.05. The van der Waals surface area contributed by atoms with Crippen molar-refractivity contribution in [1.82, 2.24) is 4.57 Å². The maximum atomic E-state index is 14.1. The number of esters is 2. The molecule has 5 rings (SSSR count). The van der Waals surface area contributed by atoms with Crippen LogP contribution in [0.1, 0.15) is 53.9 Å². The van der Waals surface area contributed by atoms with Crippen LogP contribution in [0.4, 0.5) is 0 Å². The van der Waals surface area contributed by atoms with Crippen LogP contribution in [0, 0.1) is 0 Å². The average Bonchev–Trinajstić information content (AvgIpc) is 3.39. The topological polar surface area (TPSA) is 115 Å². The predicted octanol–water partition coefficient (Wildman–Crippen LogP) is 5.88. The molecule has 4 aromatic rings. The van der Waals surface area contributed by atoms with Crippen molar-refractivity contribution in [2.75, 3.05) is 26.9 Å². The molecule has 0 bridgehead atoms. The molecule has 2 heterocycles. The Morgan fingerprint density at radius 2 is 1.65 bits per heavy atom. The Labute approximate surface area is 290 Å². The summed E-state index contributed by atoms with van der Waals surface area (Å²) in [6.45, 7) is 6.69. The lowest BCUT2D eigenvalue weighted by atomic mass is 9.97. The number of fused-ring (bicyclic) bond motifs is 1. The number of ether oxygens (including phenoxy) is 5. The molecular weight excluding hydrogens is 679 g/mol. The van der Waals surface area contributed by atoms with E-state index in [1.807, 2.05) is 13.8 Å². The van der Waals surface area contributed by atoms with Crippen LogP contribution in [0.5, 0.6) is 17.2 Å². The van der Waals surface area contributed by atoms with Crippen molar-refractivity contribution in [3.63, 3.8) is 0 Å². The minimum absolute atomic E-state index is 0.120. The second-order valence-electron chi connectivity index (χ2n) is 10.3. The zero-order valence-electron chi connectivity index (χ0n) is 26.6. The molecule has 250 valence electrons. The Hall–Kier alpha value is -4.58. The lowest BCUT2D eigenvalue weighted by Crippen LogP contribution is -2.39. The van der Waals surface area contributed by atoms with Crippen LogP contribution < -0.4 is 29.1 Å². The monoisotopic (exact) mass is 710 g/mol. The summed E-state index contributed by atoms with van der Waals surface area (Å²) in [4.78, 5) is 43.9. The number of carbonyl (C=O) groups excluding carboxylic acids is 2. The Morgan fingerprint density at radius 3 is 2.33 bits per heavy atom. The van der Waals surface area contributed by atoms with Crippen molar-refractivity contribution in [2.24, 2.45) is 4.99 Å². The van der Waals surface area contributed by atoms with E-state index in [1.54, 1.807) is 67.6 Å². The maximum absolute atomic E-state index is 14.1. The molecule has 0 radical (unpaired) electrons. The van der Waals surface area contributed by atoms with Crippen molar-refractivity contribution in [3.8, 4) is 17.2 Å². The Balaban J connectivity index is 1.56. The zero-order chi connectivity index (χ0) is 34.4. The number of nitrogens with zero attached hydrogens (tertiary/aromatic N) is 2. The highest BCUT2D eigenvalue weighted by Gasteiger charge is 2.31. The van der Waals surface area contributed by atoms with Crippen molar-refractivity contribution >= 4 is 52.6 Å². The molecule has 13 heteroatoms. The maximum Gasteiger partial charge on any atom is 0.338 e. The van der Waals surface area contributed by atoms with Gasteiger partial charge in [0.1, 0.15) is 12.4 Å². The molecule has 0 N–H and O–H groups in total. The molecule has 1 atom stereocenters. The van der Waals surface area contributed by atoms with Gasteiger partial charge in [-0.05, 0) is 74.4 Å². The van der Waals surface area contributed by atoms with Crippen LogP contribution in [-0.4, -0.2) is 43.4 Å². The quantitative estimate of drug-likeness (QED) is 0.168. The molecule has 0 saturated heterocycles. The molecule has 0 unspecified atom stereocenters. The standard InChI is InChI=1S/C35H32Cl2N2O8S/c1-5-44-27-13-12-22(15-28(27)45-6-2)30-25(34(42)43-4)18-38-35-39(30)32(40)29(48-35)16-23-14-24(36)17-26(37)31(23)47-19-20-8-10-21(11-9-20)33(41)46-7-3/h8-18,30H,5-7,19H2,1-4H3/b29-16+/t30-/m1/s1. The van der Waals surface area contributed by atoms with Gasteiger partial charge in [0.25, 0.3) is 5.56 Å². The van der Waals surface area contributed by atoms with Gasteiger partial charge in [-0.3, -0.25) is 9.36 Å². The van der Waals surface area contributed by atoms with Gasteiger partial charge in [-0.2, -0.15) is 0 Å². The molecule has 0 amide bonds.